The van der Waals surface area contributed by atoms with Gasteiger partial charge in [0.05, 0.1) is 5.69 Å². The molecule has 0 amide bonds. The maximum absolute atomic E-state index is 9.92. The number of phenolic OH excluding ortho intramolecular Hbond substituents is 1. The molecule has 5 heteroatoms. The van der Waals surface area contributed by atoms with E-state index in [0.717, 1.165) is 41.5 Å². The van der Waals surface area contributed by atoms with Crippen LogP contribution in [0.15, 0.2) is 36.4 Å². The number of unbranched alkanes of at least 4 members (excludes halogenated alkanes) is 1. The molecule has 1 N–H and O–H groups in total. The number of fused-ring (bicyclic) bond motifs is 1. The van der Waals surface area contributed by atoms with E-state index in [-0.39, 0.29) is 0 Å². The molecule has 21 heavy (non-hydrogen) atoms. The summed E-state index contributed by atoms with van der Waals surface area (Å²) in [7, 11) is 0. The van der Waals surface area contributed by atoms with Crippen LogP contribution in [-0.2, 0) is 6.42 Å². The molecule has 0 saturated carbocycles. The first-order valence-corrected chi connectivity index (χ1v) is 7.40. The lowest BCUT2D eigenvalue weighted by Crippen LogP contribution is -1.99. The van der Waals surface area contributed by atoms with Crippen molar-refractivity contribution < 1.29 is 5.11 Å². The van der Waals surface area contributed by atoms with Crippen LogP contribution in [0.2, 0.25) is 5.02 Å². The van der Waals surface area contributed by atoms with Crippen LogP contribution < -0.4 is 0 Å². The fourth-order valence-corrected chi connectivity index (χ4v) is 2.43. The molecule has 0 spiro atoms. The summed E-state index contributed by atoms with van der Waals surface area (Å²) >= 11 is 5.97. The molecule has 1 heterocycles. The summed E-state index contributed by atoms with van der Waals surface area (Å²) in [6.07, 6.45) is 2.98. The van der Waals surface area contributed by atoms with Gasteiger partial charge in [0, 0.05) is 5.02 Å². The Balaban J connectivity index is 2.01. The van der Waals surface area contributed by atoms with Crippen molar-refractivity contribution >= 4 is 22.6 Å². The standard InChI is InChI=1S/C16H16ClN3O/c1-2-3-4-11-9-13(6-8-16(11)21)20-18-14-7-5-12(17)10-15(14)19-20/h5-10,21H,2-4H2,1H3. The average molecular weight is 302 g/mol. The molecule has 2 aromatic carbocycles. The highest BCUT2D eigenvalue weighted by Gasteiger charge is 2.08. The second-order valence-electron chi connectivity index (χ2n) is 5.04. The Hall–Kier alpha value is -2.07. The summed E-state index contributed by atoms with van der Waals surface area (Å²) in [5, 5.41) is 19.4. The number of benzene rings is 2. The first-order valence-electron chi connectivity index (χ1n) is 7.02. The molecule has 4 nitrogen and oxygen atoms in total. The second kappa shape index (κ2) is 5.74. The summed E-state index contributed by atoms with van der Waals surface area (Å²) in [4.78, 5) is 1.58. The molecule has 3 aromatic rings. The number of hydrogen-bond acceptors (Lipinski definition) is 3. The number of rotatable bonds is 4. The Morgan fingerprint density at radius 2 is 1.90 bits per heavy atom. The average Bonchev–Trinajstić information content (AvgIpc) is 2.89. The Kier molecular flexibility index (Phi) is 3.80. The minimum Gasteiger partial charge on any atom is -0.508 e. The molecule has 0 aliphatic rings. The van der Waals surface area contributed by atoms with Gasteiger partial charge in [0.15, 0.2) is 0 Å². The van der Waals surface area contributed by atoms with Crippen molar-refractivity contribution in [2.24, 2.45) is 0 Å². The van der Waals surface area contributed by atoms with Gasteiger partial charge in [0.25, 0.3) is 0 Å². The molecule has 0 atom stereocenters. The van der Waals surface area contributed by atoms with Crippen LogP contribution in [0.1, 0.15) is 25.3 Å². The number of halogens is 1. The van der Waals surface area contributed by atoms with Gasteiger partial charge < -0.3 is 5.11 Å². The van der Waals surface area contributed by atoms with Crippen LogP contribution in [0.25, 0.3) is 16.7 Å². The predicted molar refractivity (Wildman–Crippen MR) is 84.2 cm³/mol. The largest absolute Gasteiger partial charge is 0.508 e. The minimum atomic E-state index is 0.326. The highest BCUT2D eigenvalue weighted by atomic mass is 35.5. The van der Waals surface area contributed by atoms with E-state index in [2.05, 4.69) is 17.1 Å². The van der Waals surface area contributed by atoms with Crippen molar-refractivity contribution in [2.75, 3.05) is 0 Å². The van der Waals surface area contributed by atoms with Gasteiger partial charge in [-0.1, -0.05) is 24.9 Å². The third-order valence-corrected chi connectivity index (χ3v) is 3.67. The highest BCUT2D eigenvalue weighted by molar-refractivity contribution is 6.31. The normalized spacial score (nSPS) is 11.1. The second-order valence-corrected chi connectivity index (χ2v) is 5.48. The van der Waals surface area contributed by atoms with Crippen LogP contribution in [0, 0.1) is 0 Å². The summed E-state index contributed by atoms with van der Waals surface area (Å²) in [6, 6.07) is 10.9. The number of aromatic nitrogens is 3. The fourth-order valence-electron chi connectivity index (χ4n) is 2.27. The first kappa shape index (κ1) is 13.9. The molecule has 0 saturated heterocycles. The van der Waals surface area contributed by atoms with Crippen molar-refractivity contribution in [3.8, 4) is 11.4 Å². The maximum atomic E-state index is 9.92. The molecular weight excluding hydrogens is 286 g/mol. The molecule has 108 valence electrons. The first-order chi connectivity index (χ1) is 10.2. The Bertz CT molecular complexity index is 782. The molecule has 0 bridgehead atoms. The number of hydrogen-bond donors (Lipinski definition) is 1. The van der Waals surface area contributed by atoms with E-state index in [9.17, 15) is 5.11 Å². The molecule has 0 unspecified atom stereocenters. The predicted octanol–water partition coefficient (Wildman–Crippen LogP) is 4.12. The van der Waals surface area contributed by atoms with Crippen molar-refractivity contribution in [1.82, 2.24) is 15.0 Å². The third kappa shape index (κ3) is 2.85. The van der Waals surface area contributed by atoms with E-state index in [1.54, 1.807) is 23.0 Å². The Morgan fingerprint density at radius 1 is 1.10 bits per heavy atom. The maximum Gasteiger partial charge on any atom is 0.118 e. The monoisotopic (exact) mass is 301 g/mol. The van der Waals surface area contributed by atoms with Gasteiger partial charge in [-0.05, 0) is 54.8 Å². The van der Waals surface area contributed by atoms with Crippen molar-refractivity contribution in [3.05, 3.63) is 47.0 Å². The summed E-state index contributed by atoms with van der Waals surface area (Å²) in [6.45, 7) is 2.13. The summed E-state index contributed by atoms with van der Waals surface area (Å²) in [5.74, 6) is 0.326. The van der Waals surface area contributed by atoms with Crippen LogP contribution in [0.5, 0.6) is 5.75 Å². The third-order valence-electron chi connectivity index (χ3n) is 3.44. The lowest BCUT2D eigenvalue weighted by molar-refractivity contribution is 0.466. The molecular formula is C16H16ClN3O. The minimum absolute atomic E-state index is 0.326. The smallest absolute Gasteiger partial charge is 0.118 e. The highest BCUT2D eigenvalue weighted by Crippen LogP contribution is 2.23. The molecule has 0 radical (unpaired) electrons. The van der Waals surface area contributed by atoms with Crippen LogP contribution in [0.4, 0.5) is 0 Å². The number of aromatic hydroxyl groups is 1. The Labute approximate surface area is 128 Å². The van der Waals surface area contributed by atoms with Gasteiger partial charge in [0.2, 0.25) is 0 Å². The zero-order chi connectivity index (χ0) is 14.8. The molecule has 1 aromatic heterocycles. The molecule has 0 aliphatic carbocycles. The van der Waals surface area contributed by atoms with E-state index < -0.39 is 0 Å². The Morgan fingerprint density at radius 3 is 2.71 bits per heavy atom. The summed E-state index contributed by atoms with van der Waals surface area (Å²) in [5.41, 5.74) is 3.31. The number of aryl methyl sites for hydroxylation is 1. The van der Waals surface area contributed by atoms with Crippen molar-refractivity contribution in [1.29, 1.82) is 0 Å². The van der Waals surface area contributed by atoms with Crippen LogP contribution >= 0.6 is 11.6 Å². The van der Waals surface area contributed by atoms with E-state index in [0.29, 0.717) is 10.8 Å². The molecule has 3 rings (SSSR count). The molecule has 0 fully saturated rings. The van der Waals surface area contributed by atoms with E-state index in [1.807, 2.05) is 18.2 Å². The van der Waals surface area contributed by atoms with Gasteiger partial charge in [-0.25, -0.2) is 0 Å². The lowest BCUT2D eigenvalue weighted by atomic mass is 10.1. The number of nitrogens with zero attached hydrogens (tertiary/aromatic N) is 3. The van der Waals surface area contributed by atoms with E-state index in [4.69, 9.17) is 11.6 Å². The van der Waals surface area contributed by atoms with E-state index in [1.165, 1.54) is 0 Å². The zero-order valence-corrected chi connectivity index (χ0v) is 12.5. The fraction of sp³-hybridized carbons (Fsp3) is 0.250. The number of phenols is 1. The van der Waals surface area contributed by atoms with Crippen molar-refractivity contribution in [2.45, 2.75) is 26.2 Å². The van der Waals surface area contributed by atoms with Crippen LogP contribution in [-0.4, -0.2) is 20.1 Å². The van der Waals surface area contributed by atoms with E-state index >= 15 is 0 Å². The van der Waals surface area contributed by atoms with Crippen LogP contribution in [0.3, 0.4) is 0 Å². The zero-order valence-electron chi connectivity index (χ0n) is 11.8. The topological polar surface area (TPSA) is 50.9 Å². The summed E-state index contributed by atoms with van der Waals surface area (Å²) < 4.78 is 0. The van der Waals surface area contributed by atoms with Gasteiger partial charge in [0.1, 0.15) is 16.8 Å². The lowest BCUT2D eigenvalue weighted by Gasteiger charge is -2.06. The van der Waals surface area contributed by atoms with Gasteiger partial charge in [-0.3, -0.25) is 0 Å². The van der Waals surface area contributed by atoms with Gasteiger partial charge >= 0.3 is 0 Å². The quantitative estimate of drug-likeness (QED) is 0.788. The SMILES string of the molecule is CCCCc1cc(-n2nc3ccc(Cl)cc3n2)ccc1O. The molecule has 0 aliphatic heterocycles. The van der Waals surface area contributed by atoms with Gasteiger partial charge in [-0.2, -0.15) is 4.80 Å². The van der Waals surface area contributed by atoms with Crippen molar-refractivity contribution in [3.63, 3.8) is 0 Å². The van der Waals surface area contributed by atoms with Gasteiger partial charge in [-0.15, -0.1) is 10.2 Å².